The van der Waals surface area contributed by atoms with Gasteiger partial charge in [-0.25, -0.2) is 8.78 Å². The first kappa shape index (κ1) is 20.1. The van der Waals surface area contributed by atoms with Crippen LogP contribution in [0.4, 0.5) is 20.2 Å². The molecule has 28 heavy (non-hydrogen) atoms. The van der Waals surface area contributed by atoms with Crippen molar-refractivity contribution in [2.75, 3.05) is 24.3 Å². The van der Waals surface area contributed by atoms with Crippen molar-refractivity contribution in [3.8, 4) is 11.3 Å². The van der Waals surface area contributed by atoms with Crippen LogP contribution < -0.4 is 10.2 Å². The number of carbonyl (C=O) groups is 1. The first-order chi connectivity index (χ1) is 13.2. The maximum Gasteiger partial charge on any atom is 0.261 e. The summed E-state index contributed by atoms with van der Waals surface area (Å²) in [4.78, 5) is 14.1. The molecular formula is C19H15Cl2F2N3O2. The van der Waals surface area contributed by atoms with E-state index in [-0.39, 0.29) is 38.4 Å². The highest BCUT2D eigenvalue weighted by Gasteiger charge is 2.25. The van der Waals surface area contributed by atoms with Crippen LogP contribution in [0.3, 0.4) is 0 Å². The second-order valence-corrected chi connectivity index (χ2v) is 7.01. The number of rotatable bonds is 4. The Balaban J connectivity index is 2.01. The Labute approximate surface area is 169 Å². The molecule has 1 heterocycles. The van der Waals surface area contributed by atoms with Crippen LogP contribution in [0.25, 0.3) is 11.3 Å². The Bertz CT molecular complexity index is 1020. The van der Waals surface area contributed by atoms with Crippen LogP contribution in [-0.2, 0) is 0 Å². The summed E-state index contributed by atoms with van der Waals surface area (Å²) >= 11 is 12.4. The topological polar surface area (TPSA) is 58.4 Å². The van der Waals surface area contributed by atoms with Gasteiger partial charge in [-0.2, -0.15) is 0 Å². The van der Waals surface area contributed by atoms with Crippen LogP contribution in [0.15, 0.2) is 34.9 Å². The molecule has 5 nitrogen and oxygen atoms in total. The first-order valence-corrected chi connectivity index (χ1v) is 8.84. The van der Waals surface area contributed by atoms with E-state index in [2.05, 4.69) is 10.5 Å². The molecule has 1 aromatic heterocycles. The van der Waals surface area contributed by atoms with Gasteiger partial charge in [0.15, 0.2) is 11.6 Å². The molecule has 2 aromatic carbocycles. The zero-order valence-electron chi connectivity index (χ0n) is 15.1. The molecule has 0 atom stereocenters. The SMILES string of the molecule is Cc1onc(-c2c(Cl)cccc2Cl)c1C(=O)Nc1cc(F)c(N(C)C)c(F)c1. The molecule has 1 amide bonds. The Kier molecular flexibility index (Phi) is 5.58. The summed E-state index contributed by atoms with van der Waals surface area (Å²) < 4.78 is 33.5. The average Bonchev–Trinajstić information content (AvgIpc) is 2.95. The van der Waals surface area contributed by atoms with E-state index in [1.807, 2.05) is 0 Å². The normalized spacial score (nSPS) is 10.8. The lowest BCUT2D eigenvalue weighted by Gasteiger charge is -2.16. The third-order valence-corrected chi connectivity index (χ3v) is 4.64. The van der Waals surface area contributed by atoms with E-state index >= 15 is 0 Å². The van der Waals surface area contributed by atoms with Gasteiger partial charge >= 0.3 is 0 Å². The predicted molar refractivity (Wildman–Crippen MR) is 105 cm³/mol. The molecular weight excluding hydrogens is 411 g/mol. The molecule has 0 saturated carbocycles. The number of aryl methyl sites for hydroxylation is 1. The summed E-state index contributed by atoms with van der Waals surface area (Å²) in [5, 5.41) is 6.90. The standard InChI is InChI=1S/C19H15Cl2F2N3O2/c1-9-15(17(25-28-9)16-11(20)5-4-6-12(16)21)19(27)24-10-7-13(22)18(26(2)3)14(23)8-10/h4-8H,1-3H3,(H,24,27). The van der Waals surface area contributed by atoms with Crippen LogP contribution in [0.5, 0.6) is 0 Å². The number of amides is 1. The number of nitrogens with one attached hydrogen (secondary N) is 1. The number of hydrogen-bond acceptors (Lipinski definition) is 4. The van der Waals surface area contributed by atoms with Gasteiger partial charge in [-0.15, -0.1) is 0 Å². The molecule has 0 bridgehead atoms. The van der Waals surface area contributed by atoms with Gasteiger partial charge in [-0.3, -0.25) is 4.79 Å². The van der Waals surface area contributed by atoms with E-state index in [1.54, 1.807) is 18.2 Å². The fraction of sp³-hybridized carbons (Fsp3) is 0.158. The molecule has 1 N–H and O–H groups in total. The van der Waals surface area contributed by atoms with Crippen molar-refractivity contribution in [3.63, 3.8) is 0 Å². The van der Waals surface area contributed by atoms with E-state index in [1.165, 1.54) is 25.9 Å². The predicted octanol–water partition coefficient (Wildman–Crippen LogP) is 5.55. The second-order valence-electron chi connectivity index (χ2n) is 6.20. The van der Waals surface area contributed by atoms with Gasteiger partial charge in [0.05, 0.1) is 10.0 Å². The lowest BCUT2D eigenvalue weighted by molar-refractivity contribution is 0.102. The highest BCUT2D eigenvalue weighted by molar-refractivity contribution is 6.39. The second kappa shape index (κ2) is 7.77. The lowest BCUT2D eigenvalue weighted by atomic mass is 10.1. The van der Waals surface area contributed by atoms with Crippen LogP contribution >= 0.6 is 23.2 Å². The third kappa shape index (κ3) is 3.68. The molecule has 3 aromatic rings. The van der Waals surface area contributed by atoms with Gasteiger partial charge in [0.1, 0.15) is 22.7 Å². The van der Waals surface area contributed by atoms with Gasteiger partial charge in [-0.1, -0.05) is 34.4 Å². The van der Waals surface area contributed by atoms with Crippen molar-refractivity contribution in [1.29, 1.82) is 0 Å². The van der Waals surface area contributed by atoms with Gasteiger partial charge in [-0.05, 0) is 31.2 Å². The van der Waals surface area contributed by atoms with Gasteiger partial charge in [0.25, 0.3) is 5.91 Å². The quantitative estimate of drug-likeness (QED) is 0.594. The largest absolute Gasteiger partial charge is 0.373 e. The lowest BCUT2D eigenvalue weighted by Crippen LogP contribution is -2.16. The molecule has 0 aliphatic rings. The smallest absolute Gasteiger partial charge is 0.261 e. The van der Waals surface area contributed by atoms with Crippen LogP contribution in [0.1, 0.15) is 16.1 Å². The number of halogens is 4. The summed E-state index contributed by atoms with van der Waals surface area (Å²) in [6.45, 7) is 1.53. The van der Waals surface area contributed by atoms with Crippen molar-refractivity contribution in [2.45, 2.75) is 6.92 Å². The summed E-state index contributed by atoms with van der Waals surface area (Å²) in [6.07, 6.45) is 0. The Morgan fingerprint density at radius 3 is 2.25 bits per heavy atom. The van der Waals surface area contributed by atoms with Crippen LogP contribution in [-0.4, -0.2) is 25.2 Å². The number of anilines is 2. The molecule has 0 fully saturated rings. The number of carbonyl (C=O) groups excluding carboxylic acids is 1. The van der Waals surface area contributed by atoms with Gasteiger partial charge in [0.2, 0.25) is 0 Å². The number of nitrogens with zero attached hydrogens (tertiary/aromatic N) is 2. The summed E-state index contributed by atoms with van der Waals surface area (Å²) in [7, 11) is 3.03. The fourth-order valence-electron chi connectivity index (χ4n) is 2.79. The molecule has 3 rings (SSSR count). The average molecular weight is 426 g/mol. The van der Waals surface area contributed by atoms with Crippen molar-refractivity contribution in [2.24, 2.45) is 0 Å². The number of hydrogen-bond donors (Lipinski definition) is 1. The summed E-state index contributed by atoms with van der Waals surface area (Å²) in [5.41, 5.74) is 0.266. The summed E-state index contributed by atoms with van der Waals surface area (Å²) in [5.74, 6) is -2.08. The molecule has 9 heteroatoms. The number of benzene rings is 2. The molecule has 0 aliphatic carbocycles. The molecule has 0 radical (unpaired) electrons. The van der Waals surface area contributed by atoms with E-state index in [9.17, 15) is 13.6 Å². The molecule has 0 aliphatic heterocycles. The third-order valence-electron chi connectivity index (χ3n) is 4.01. The zero-order valence-corrected chi connectivity index (χ0v) is 16.6. The Morgan fingerprint density at radius 2 is 1.71 bits per heavy atom. The van der Waals surface area contributed by atoms with Crippen molar-refractivity contribution >= 4 is 40.5 Å². The highest BCUT2D eigenvalue weighted by atomic mass is 35.5. The van der Waals surface area contributed by atoms with Gasteiger partial charge in [0, 0.05) is 25.3 Å². The van der Waals surface area contributed by atoms with E-state index in [0.29, 0.717) is 5.56 Å². The van der Waals surface area contributed by atoms with Crippen molar-refractivity contribution < 1.29 is 18.1 Å². The van der Waals surface area contributed by atoms with Crippen LogP contribution in [0.2, 0.25) is 10.0 Å². The highest BCUT2D eigenvalue weighted by Crippen LogP contribution is 2.37. The Morgan fingerprint density at radius 1 is 1.14 bits per heavy atom. The van der Waals surface area contributed by atoms with Crippen LogP contribution in [0, 0.1) is 18.6 Å². The summed E-state index contributed by atoms with van der Waals surface area (Å²) in [6, 6.07) is 6.90. The monoisotopic (exact) mass is 425 g/mol. The fourth-order valence-corrected chi connectivity index (χ4v) is 3.37. The van der Waals surface area contributed by atoms with E-state index in [0.717, 1.165) is 12.1 Å². The molecule has 146 valence electrons. The molecule has 0 saturated heterocycles. The minimum Gasteiger partial charge on any atom is -0.373 e. The van der Waals surface area contributed by atoms with Crippen molar-refractivity contribution in [1.82, 2.24) is 5.16 Å². The molecule has 0 spiro atoms. The van der Waals surface area contributed by atoms with Gasteiger partial charge < -0.3 is 14.7 Å². The minimum absolute atomic E-state index is 0.0533. The Hall–Kier alpha value is -2.64. The van der Waals surface area contributed by atoms with Crippen molar-refractivity contribution in [3.05, 3.63) is 63.3 Å². The van der Waals surface area contributed by atoms with E-state index in [4.69, 9.17) is 27.7 Å². The first-order valence-electron chi connectivity index (χ1n) is 8.09. The zero-order chi connectivity index (χ0) is 20.6. The minimum atomic E-state index is -0.809. The number of aromatic nitrogens is 1. The maximum atomic E-state index is 14.2. The van der Waals surface area contributed by atoms with E-state index < -0.39 is 17.5 Å². The molecule has 0 unspecified atom stereocenters. The maximum absolute atomic E-state index is 14.2.